The van der Waals surface area contributed by atoms with Crippen molar-refractivity contribution in [1.29, 1.82) is 0 Å². The van der Waals surface area contributed by atoms with Gasteiger partial charge in [-0.3, -0.25) is 4.79 Å². The van der Waals surface area contributed by atoms with E-state index >= 15 is 0 Å². The number of esters is 1. The second kappa shape index (κ2) is 7.68. The normalized spacial score (nSPS) is 10.7. The summed E-state index contributed by atoms with van der Waals surface area (Å²) in [7, 11) is 1.18. The number of hydrogen-bond donors (Lipinski definition) is 3. The van der Waals surface area contributed by atoms with E-state index in [1.807, 2.05) is 0 Å². The summed E-state index contributed by atoms with van der Waals surface area (Å²) in [6.07, 6.45) is 0.962. The molecule has 0 unspecified atom stereocenters. The molecule has 0 heterocycles. The summed E-state index contributed by atoms with van der Waals surface area (Å²) >= 11 is 0. The minimum absolute atomic E-state index is 0.0161. The molecule has 0 aliphatic heterocycles. The summed E-state index contributed by atoms with van der Waals surface area (Å²) in [5.74, 6) is -2.41. The fourth-order valence-corrected chi connectivity index (χ4v) is 1.51. The molecular formula is C14H16N2O5. The number of benzene rings is 1. The van der Waals surface area contributed by atoms with Gasteiger partial charge in [0.25, 0.3) is 5.91 Å². The maximum atomic E-state index is 11.9. The Kier molecular flexibility index (Phi) is 5.94. The number of carboxylic acids is 1. The summed E-state index contributed by atoms with van der Waals surface area (Å²) in [6, 6.07) is 6.05. The molecule has 21 heavy (non-hydrogen) atoms. The average molecular weight is 292 g/mol. The lowest BCUT2D eigenvalue weighted by atomic mass is 10.1. The number of carboxylic acid groups (broad SMARTS) is 1. The van der Waals surface area contributed by atoms with Gasteiger partial charge in [0.1, 0.15) is 5.70 Å². The lowest BCUT2D eigenvalue weighted by molar-refractivity contribution is -0.135. The van der Waals surface area contributed by atoms with Gasteiger partial charge in [-0.25, -0.2) is 9.59 Å². The molecule has 0 saturated heterocycles. The summed E-state index contributed by atoms with van der Waals surface area (Å²) in [6.45, 7) is 2.08. The van der Waals surface area contributed by atoms with E-state index in [2.05, 4.69) is 15.4 Å². The summed E-state index contributed by atoms with van der Waals surface area (Å²) in [4.78, 5) is 34.3. The number of ether oxygens (including phenoxy) is 1. The highest BCUT2D eigenvalue weighted by Crippen LogP contribution is 2.17. The molecule has 3 N–H and O–H groups in total. The summed E-state index contributed by atoms with van der Waals surface area (Å²) in [5.41, 5.74) is 0.0846. The van der Waals surface area contributed by atoms with Crippen LogP contribution in [-0.4, -0.2) is 36.6 Å². The van der Waals surface area contributed by atoms with Crippen LogP contribution in [0.4, 0.5) is 5.69 Å². The van der Waals surface area contributed by atoms with Crippen molar-refractivity contribution in [3.05, 3.63) is 41.6 Å². The number of aromatic carboxylic acids is 1. The lowest BCUT2D eigenvalue weighted by Crippen LogP contribution is -2.29. The first-order valence-corrected chi connectivity index (χ1v) is 6.16. The SMILES string of the molecule is CCNC(=O)/C(=C/C(=O)OC)Nc1ccccc1C(=O)O. The van der Waals surface area contributed by atoms with Crippen LogP contribution in [0.5, 0.6) is 0 Å². The average Bonchev–Trinajstić information content (AvgIpc) is 2.46. The number of methoxy groups -OCH3 is 1. The van der Waals surface area contributed by atoms with Crippen LogP contribution in [0.15, 0.2) is 36.0 Å². The van der Waals surface area contributed by atoms with E-state index < -0.39 is 17.8 Å². The molecule has 0 bridgehead atoms. The van der Waals surface area contributed by atoms with Crippen LogP contribution in [0.1, 0.15) is 17.3 Å². The molecule has 1 rings (SSSR count). The van der Waals surface area contributed by atoms with Gasteiger partial charge < -0.3 is 20.5 Å². The highest BCUT2D eigenvalue weighted by molar-refractivity contribution is 6.03. The van der Waals surface area contributed by atoms with Gasteiger partial charge >= 0.3 is 11.9 Å². The van der Waals surface area contributed by atoms with E-state index in [0.29, 0.717) is 6.54 Å². The minimum Gasteiger partial charge on any atom is -0.478 e. The Morgan fingerprint density at radius 3 is 2.52 bits per heavy atom. The Labute approximate surface area is 121 Å². The number of hydrogen-bond acceptors (Lipinski definition) is 5. The second-order valence-corrected chi connectivity index (χ2v) is 3.92. The van der Waals surface area contributed by atoms with Crippen LogP contribution in [0.2, 0.25) is 0 Å². The number of anilines is 1. The number of rotatable bonds is 6. The van der Waals surface area contributed by atoms with Crippen molar-refractivity contribution in [3.63, 3.8) is 0 Å². The number of carbonyl (C=O) groups excluding carboxylic acids is 2. The monoisotopic (exact) mass is 292 g/mol. The maximum absolute atomic E-state index is 11.9. The molecule has 0 fully saturated rings. The van der Waals surface area contributed by atoms with Crippen molar-refractivity contribution >= 4 is 23.5 Å². The third-order valence-electron chi connectivity index (χ3n) is 2.47. The predicted molar refractivity (Wildman–Crippen MR) is 75.8 cm³/mol. The van der Waals surface area contributed by atoms with E-state index in [9.17, 15) is 14.4 Å². The summed E-state index contributed by atoms with van der Waals surface area (Å²) < 4.78 is 4.47. The van der Waals surface area contributed by atoms with Gasteiger partial charge in [0.05, 0.1) is 24.4 Å². The van der Waals surface area contributed by atoms with Gasteiger partial charge in [-0.2, -0.15) is 0 Å². The zero-order valence-corrected chi connectivity index (χ0v) is 11.7. The first-order valence-electron chi connectivity index (χ1n) is 6.16. The van der Waals surface area contributed by atoms with Crippen LogP contribution < -0.4 is 10.6 Å². The van der Waals surface area contributed by atoms with Gasteiger partial charge in [0.15, 0.2) is 0 Å². The molecule has 7 nitrogen and oxygen atoms in total. The molecule has 0 aliphatic rings. The van der Waals surface area contributed by atoms with Crippen LogP contribution in [0, 0.1) is 0 Å². The van der Waals surface area contributed by atoms with Crippen LogP contribution in [0.3, 0.4) is 0 Å². The van der Waals surface area contributed by atoms with Crippen molar-refractivity contribution < 1.29 is 24.2 Å². The minimum atomic E-state index is -1.15. The van der Waals surface area contributed by atoms with Gasteiger partial charge in [-0.1, -0.05) is 12.1 Å². The molecule has 0 aromatic heterocycles. The van der Waals surface area contributed by atoms with Crippen LogP contribution in [0.25, 0.3) is 0 Å². The van der Waals surface area contributed by atoms with Crippen LogP contribution in [-0.2, 0) is 14.3 Å². The predicted octanol–water partition coefficient (Wildman–Crippen LogP) is 0.990. The fraction of sp³-hybridized carbons (Fsp3) is 0.214. The van der Waals surface area contributed by atoms with E-state index in [1.165, 1.54) is 19.2 Å². The molecule has 112 valence electrons. The molecule has 1 aromatic carbocycles. The van der Waals surface area contributed by atoms with Gasteiger partial charge in [0, 0.05) is 6.54 Å². The van der Waals surface area contributed by atoms with Crippen molar-refractivity contribution in [2.24, 2.45) is 0 Å². The zero-order valence-electron chi connectivity index (χ0n) is 11.7. The van der Waals surface area contributed by atoms with Crippen molar-refractivity contribution in [1.82, 2.24) is 5.32 Å². The molecule has 7 heteroatoms. The van der Waals surface area contributed by atoms with E-state index in [0.717, 1.165) is 6.08 Å². The zero-order chi connectivity index (χ0) is 15.8. The van der Waals surface area contributed by atoms with Crippen molar-refractivity contribution in [2.75, 3.05) is 19.0 Å². The molecule has 0 aliphatic carbocycles. The standard InChI is InChI=1S/C14H16N2O5/c1-3-15-13(18)11(8-12(17)21-2)16-10-7-5-4-6-9(10)14(19)20/h4-8,16H,3H2,1-2H3,(H,15,18)(H,19,20)/b11-8-. The molecule has 0 spiro atoms. The Morgan fingerprint density at radius 1 is 1.29 bits per heavy atom. The van der Waals surface area contributed by atoms with E-state index in [1.54, 1.807) is 19.1 Å². The van der Waals surface area contributed by atoms with Gasteiger partial charge in [0.2, 0.25) is 0 Å². The van der Waals surface area contributed by atoms with Crippen molar-refractivity contribution in [2.45, 2.75) is 6.92 Å². The second-order valence-electron chi connectivity index (χ2n) is 3.92. The maximum Gasteiger partial charge on any atom is 0.337 e. The lowest BCUT2D eigenvalue weighted by Gasteiger charge is -2.12. The first kappa shape index (κ1) is 16.2. The van der Waals surface area contributed by atoms with Gasteiger partial charge in [-0.15, -0.1) is 0 Å². The highest BCUT2D eigenvalue weighted by Gasteiger charge is 2.15. The smallest absolute Gasteiger partial charge is 0.337 e. The van der Waals surface area contributed by atoms with E-state index in [4.69, 9.17) is 5.11 Å². The number of nitrogens with one attached hydrogen (secondary N) is 2. The first-order chi connectivity index (χ1) is 9.99. The fourth-order valence-electron chi connectivity index (χ4n) is 1.51. The number of amides is 1. The Hall–Kier alpha value is -2.83. The molecule has 0 radical (unpaired) electrons. The molecule has 0 saturated carbocycles. The third-order valence-corrected chi connectivity index (χ3v) is 2.47. The quantitative estimate of drug-likeness (QED) is 0.533. The molecule has 1 aromatic rings. The Balaban J connectivity index is 3.13. The van der Waals surface area contributed by atoms with Gasteiger partial charge in [-0.05, 0) is 19.1 Å². The molecule has 0 atom stereocenters. The van der Waals surface area contributed by atoms with E-state index in [-0.39, 0.29) is 16.9 Å². The number of para-hydroxylation sites is 1. The largest absolute Gasteiger partial charge is 0.478 e. The number of likely N-dealkylation sites (N-methyl/N-ethyl adjacent to an activating group) is 1. The molecular weight excluding hydrogens is 276 g/mol. The highest BCUT2D eigenvalue weighted by atomic mass is 16.5. The topological polar surface area (TPSA) is 105 Å². The third kappa shape index (κ3) is 4.64. The van der Waals surface area contributed by atoms with Crippen LogP contribution >= 0.6 is 0 Å². The van der Waals surface area contributed by atoms with Crippen molar-refractivity contribution in [3.8, 4) is 0 Å². The summed E-state index contributed by atoms with van der Waals surface area (Å²) in [5, 5.41) is 14.3. The molecule has 1 amide bonds. The number of carbonyl (C=O) groups is 3. The Bertz CT molecular complexity index is 580. The Morgan fingerprint density at radius 2 is 1.95 bits per heavy atom.